The second kappa shape index (κ2) is 5.73. The third-order valence-corrected chi connectivity index (χ3v) is 4.15. The lowest BCUT2D eigenvalue weighted by atomic mass is 9.99. The Kier molecular flexibility index (Phi) is 3.95. The maximum absolute atomic E-state index is 13.6. The molecule has 1 aromatic carbocycles. The van der Waals surface area contributed by atoms with Crippen LogP contribution < -0.4 is 10.5 Å². The van der Waals surface area contributed by atoms with Crippen molar-refractivity contribution in [2.24, 2.45) is 5.73 Å². The molecule has 0 spiro atoms. The minimum Gasteiger partial charge on any atom is -0.481 e. The van der Waals surface area contributed by atoms with E-state index in [9.17, 15) is 4.39 Å². The molecule has 0 amide bonds. The normalized spacial score (nSPS) is 17.1. The van der Waals surface area contributed by atoms with Gasteiger partial charge in [0.05, 0.1) is 5.54 Å². The predicted octanol–water partition coefficient (Wildman–Crippen LogP) is 3.28. The van der Waals surface area contributed by atoms with Gasteiger partial charge in [0.25, 0.3) is 5.89 Å². The number of rotatable bonds is 4. The fourth-order valence-electron chi connectivity index (χ4n) is 2.48. The highest BCUT2D eigenvalue weighted by Crippen LogP contribution is 2.34. The fourth-order valence-corrected chi connectivity index (χ4v) is 2.81. The Hall–Kier alpha value is -1.47. The smallest absolute Gasteiger partial charge is 0.264 e. The number of hydrogen-bond acceptors (Lipinski definition) is 5. The van der Waals surface area contributed by atoms with Gasteiger partial charge in [-0.1, -0.05) is 33.9 Å². The highest BCUT2D eigenvalue weighted by atomic mass is 79.9. The molecule has 1 saturated carbocycles. The summed E-state index contributed by atoms with van der Waals surface area (Å²) in [5.41, 5.74) is 5.76. The Balaban J connectivity index is 1.67. The molecular formula is C14H15BrFN3O2. The lowest BCUT2D eigenvalue weighted by Crippen LogP contribution is -2.34. The molecule has 21 heavy (non-hydrogen) atoms. The van der Waals surface area contributed by atoms with Crippen LogP contribution in [0, 0.1) is 5.82 Å². The number of benzene rings is 1. The van der Waals surface area contributed by atoms with Crippen molar-refractivity contribution in [2.45, 2.75) is 37.8 Å². The van der Waals surface area contributed by atoms with Crippen molar-refractivity contribution in [1.29, 1.82) is 0 Å². The molecule has 1 aliphatic carbocycles. The Morgan fingerprint density at radius 1 is 1.38 bits per heavy atom. The van der Waals surface area contributed by atoms with E-state index in [1.165, 1.54) is 12.1 Å². The van der Waals surface area contributed by atoms with Gasteiger partial charge in [-0.25, -0.2) is 4.39 Å². The summed E-state index contributed by atoms with van der Waals surface area (Å²) in [6, 6.07) is 4.57. The summed E-state index contributed by atoms with van der Waals surface area (Å²) in [6.45, 7) is 0.0155. The summed E-state index contributed by atoms with van der Waals surface area (Å²) in [7, 11) is 0. The van der Waals surface area contributed by atoms with Crippen molar-refractivity contribution in [2.75, 3.05) is 0 Å². The van der Waals surface area contributed by atoms with Crippen molar-refractivity contribution >= 4 is 15.9 Å². The largest absolute Gasteiger partial charge is 0.481 e. The van der Waals surface area contributed by atoms with Gasteiger partial charge in [-0.15, -0.1) is 0 Å². The number of hydrogen-bond donors (Lipinski definition) is 1. The number of nitrogens with zero attached hydrogens (tertiary/aromatic N) is 2. The lowest BCUT2D eigenvalue weighted by molar-refractivity contribution is 0.233. The molecule has 2 N–H and O–H groups in total. The van der Waals surface area contributed by atoms with E-state index in [2.05, 4.69) is 26.1 Å². The van der Waals surface area contributed by atoms with Crippen LogP contribution in [0.2, 0.25) is 0 Å². The maximum atomic E-state index is 13.6. The van der Waals surface area contributed by atoms with Gasteiger partial charge in [0.2, 0.25) is 0 Å². The summed E-state index contributed by atoms with van der Waals surface area (Å²) < 4.78 is 24.8. The lowest BCUT2D eigenvalue weighted by Gasteiger charge is -2.17. The first kappa shape index (κ1) is 14.5. The molecule has 112 valence electrons. The van der Waals surface area contributed by atoms with Crippen LogP contribution in [-0.2, 0) is 12.1 Å². The third-order valence-electron chi connectivity index (χ3n) is 3.65. The summed E-state index contributed by atoms with van der Waals surface area (Å²) in [5.74, 6) is 0.496. The van der Waals surface area contributed by atoms with Crippen LogP contribution in [0.1, 0.15) is 37.4 Å². The Bertz CT molecular complexity index is 641. The van der Waals surface area contributed by atoms with E-state index in [0.29, 0.717) is 16.2 Å². The van der Waals surface area contributed by atoms with Crippen molar-refractivity contribution in [3.8, 4) is 5.75 Å². The van der Waals surface area contributed by atoms with E-state index >= 15 is 0 Å². The van der Waals surface area contributed by atoms with Crippen LogP contribution in [0.4, 0.5) is 4.39 Å². The van der Waals surface area contributed by atoms with E-state index < -0.39 is 11.4 Å². The Morgan fingerprint density at radius 3 is 2.86 bits per heavy atom. The molecule has 0 saturated heterocycles. The van der Waals surface area contributed by atoms with Crippen LogP contribution in [0.25, 0.3) is 0 Å². The zero-order valence-corrected chi connectivity index (χ0v) is 12.9. The van der Waals surface area contributed by atoms with Gasteiger partial charge in [-0.05, 0) is 31.0 Å². The second-order valence-electron chi connectivity index (χ2n) is 5.24. The Labute approximate surface area is 129 Å². The SMILES string of the molecule is NC1(c2noc(COc3ccc(Br)cc3F)n2)CCCC1. The van der Waals surface area contributed by atoms with Gasteiger partial charge in [0.15, 0.2) is 24.0 Å². The van der Waals surface area contributed by atoms with E-state index in [0.717, 1.165) is 25.7 Å². The zero-order valence-electron chi connectivity index (χ0n) is 11.3. The molecule has 2 aromatic rings. The summed E-state index contributed by atoms with van der Waals surface area (Å²) in [4.78, 5) is 4.27. The quantitative estimate of drug-likeness (QED) is 0.910. The minimum atomic E-state index is -0.495. The van der Waals surface area contributed by atoms with Gasteiger partial charge in [0, 0.05) is 4.47 Å². The summed E-state index contributed by atoms with van der Waals surface area (Å²) >= 11 is 3.19. The first-order valence-corrected chi connectivity index (χ1v) is 7.56. The summed E-state index contributed by atoms with van der Waals surface area (Å²) in [6.07, 6.45) is 3.85. The van der Waals surface area contributed by atoms with Crippen molar-refractivity contribution in [1.82, 2.24) is 10.1 Å². The predicted molar refractivity (Wildman–Crippen MR) is 77.1 cm³/mol. The van der Waals surface area contributed by atoms with E-state index in [-0.39, 0.29) is 12.4 Å². The highest BCUT2D eigenvalue weighted by Gasteiger charge is 2.35. The molecule has 0 aliphatic heterocycles. The van der Waals surface area contributed by atoms with E-state index in [1.807, 2.05) is 0 Å². The van der Waals surface area contributed by atoms with Gasteiger partial charge < -0.3 is 15.0 Å². The Morgan fingerprint density at radius 2 is 2.14 bits per heavy atom. The molecule has 7 heteroatoms. The monoisotopic (exact) mass is 355 g/mol. The standard InChI is InChI=1S/C14H15BrFN3O2/c15-9-3-4-11(10(16)7-9)20-8-12-18-13(19-21-12)14(17)5-1-2-6-14/h3-4,7H,1-2,5-6,8,17H2. The van der Waals surface area contributed by atoms with Crippen LogP contribution >= 0.6 is 15.9 Å². The zero-order chi connectivity index (χ0) is 14.9. The second-order valence-corrected chi connectivity index (χ2v) is 6.15. The first-order valence-electron chi connectivity index (χ1n) is 6.77. The van der Waals surface area contributed by atoms with Crippen molar-refractivity contribution in [3.63, 3.8) is 0 Å². The minimum absolute atomic E-state index is 0.0155. The van der Waals surface area contributed by atoms with Gasteiger partial charge in [-0.2, -0.15) is 4.98 Å². The molecule has 1 heterocycles. The maximum Gasteiger partial charge on any atom is 0.264 e. The first-order chi connectivity index (χ1) is 10.1. The van der Waals surface area contributed by atoms with Crippen LogP contribution in [-0.4, -0.2) is 10.1 Å². The van der Waals surface area contributed by atoms with E-state index in [4.69, 9.17) is 15.0 Å². The molecule has 1 fully saturated rings. The number of aromatic nitrogens is 2. The average molecular weight is 356 g/mol. The molecule has 0 bridgehead atoms. The number of ether oxygens (including phenoxy) is 1. The molecular weight excluding hydrogens is 341 g/mol. The number of nitrogens with two attached hydrogens (primary N) is 1. The van der Waals surface area contributed by atoms with Crippen molar-refractivity contribution in [3.05, 3.63) is 40.2 Å². The van der Waals surface area contributed by atoms with Crippen LogP contribution in [0.5, 0.6) is 5.75 Å². The fraction of sp³-hybridized carbons (Fsp3) is 0.429. The molecule has 1 aliphatic rings. The number of halogens is 2. The third kappa shape index (κ3) is 3.08. The van der Waals surface area contributed by atoms with Crippen LogP contribution in [0.3, 0.4) is 0 Å². The van der Waals surface area contributed by atoms with Gasteiger partial charge in [-0.3, -0.25) is 0 Å². The van der Waals surface area contributed by atoms with Gasteiger partial charge >= 0.3 is 0 Å². The molecule has 0 unspecified atom stereocenters. The highest BCUT2D eigenvalue weighted by molar-refractivity contribution is 9.10. The average Bonchev–Trinajstić information content (AvgIpc) is 3.08. The topological polar surface area (TPSA) is 74.2 Å². The summed E-state index contributed by atoms with van der Waals surface area (Å²) in [5, 5.41) is 3.93. The van der Waals surface area contributed by atoms with Crippen LogP contribution in [0.15, 0.2) is 27.2 Å². The molecule has 1 aromatic heterocycles. The molecule has 3 rings (SSSR count). The van der Waals surface area contributed by atoms with Crippen molar-refractivity contribution < 1.29 is 13.7 Å². The molecule has 0 radical (unpaired) electrons. The van der Waals surface area contributed by atoms with Gasteiger partial charge in [0.1, 0.15) is 0 Å². The molecule has 5 nitrogen and oxygen atoms in total. The van der Waals surface area contributed by atoms with E-state index in [1.54, 1.807) is 6.07 Å². The molecule has 0 atom stereocenters.